The van der Waals surface area contributed by atoms with Crippen LogP contribution in [0.2, 0.25) is 0 Å². The molecule has 1 saturated heterocycles. The standard InChI is InChI=1S/C25H27N5O2/c1-17-10-11-21(26-15-17)27-16-20-18(2)7-6-12-29(20)24(31)23-22(19-8-4-3-5-9-19)28-25-30(23)13-14-32-25/h3-5,8-11,13-15,18,20H,6-7,12,16H2,1-2H3,(H,26,27)/t18-,20-/m1/s1. The van der Waals surface area contributed by atoms with E-state index in [0.29, 0.717) is 29.7 Å². The SMILES string of the molecule is Cc1ccc(NC[C@@H]2[C@H](C)CCCN2C(=O)c2c(-c3ccccc3)nc3occn23)nc1. The summed E-state index contributed by atoms with van der Waals surface area (Å²) >= 11 is 0. The zero-order valence-electron chi connectivity index (χ0n) is 18.4. The van der Waals surface area contributed by atoms with E-state index in [4.69, 9.17) is 4.42 Å². The highest BCUT2D eigenvalue weighted by atomic mass is 16.3. The summed E-state index contributed by atoms with van der Waals surface area (Å²) in [5.74, 6) is 1.61. The number of pyridine rings is 1. The Bertz CT molecular complexity index is 1210. The Labute approximate surface area is 187 Å². The average Bonchev–Trinajstić information content (AvgIpc) is 3.41. The van der Waals surface area contributed by atoms with Gasteiger partial charge in [-0.15, -0.1) is 0 Å². The van der Waals surface area contributed by atoms with Gasteiger partial charge in [-0.05, 0) is 37.3 Å². The molecule has 0 aliphatic carbocycles. The second-order valence-electron chi connectivity index (χ2n) is 8.52. The number of piperidine rings is 1. The number of nitrogens with one attached hydrogen (secondary N) is 1. The number of carbonyl (C=O) groups excluding carboxylic acids is 1. The van der Waals surface area contributed by atoms with Gasteiger partial charge >= 0.3 is 5.84 Å². The molecule has 32 heavy (non-hydrogen) atoms. The van der Waals surface area contributed by atoms with Gasteiger partial charge in [-0.3, -0.25) is 9.20 Å². The van der Waals surface area contributed by atoms with Crippen LogP contribution in [0.3, 0.4) is 0 Å². The number of oxazole rings is 1. The van der Waals surface area contributed by atoms with Gasteiger partial charge in [-0.2, -0.15) is 4.98 Å². The predicted molar refractivity (Wildman–Crippen MR) is 124 cm³/mol. The van der Waals surface area contributed by atoms with Crippen LogP contribution < -0.4 is 5.32 Å². The Kier molecular flexibility index (Phi) is 5.39. The molecule has 7 heteroatoms. The van der Waals surface area contributed by atoms with Crippen LogP contribution in [0.1, 0.15) is 35.8 Å². The van der Waals surface area contributed by atoms with Gasteiger partial charge in [0.25, 0.3) is 5.91 Å². The molecule has 1 aromatic carbocycles. The first-order valence-corrected chi connectivity index (χ1v) is 11.1. The quantitative estimate of drug-likeness (QED) is 0.500. The highest BCUT2D eigenvalue weighted by molar-refractivity contribution is 5.99. The third kappa shape index (κ3) is 3.75. The summed E-state index contributed by atoms with van der Waals surface area (Å²) in [6.45, 7) is 5.61. The van der Waals surface area contributed by atoms with E-state index in [-0.39, 0.29) is 11.9 Å². The third-order valence-electron chi connectivity index (χ3n) is 6.29. The van der Waals surface area contributed by atoms with Crippen LogP contribution in [0.15, 0.2) is 65.5 Å². The fourth-order valence-corrected chi connectivity index (χ4v) is 4.52. The monoisotopic (exact) mass is 429 g/mol. The number of amides is 1. The van der Waals surface area contributed by atoms with Crippen molar-refractivity contribution in [3.63, 3.8) is 0 Å². The normalized spacial score (nSPS) is 18.8. The molecule has 0 bridgehead atoms. The zero-order chi connectivity index (χ0) is 22.1. The van der Waals surface area contributed by atoms with Crippen LogP contribution in [0, 0.1) is 12.8 Å². The van der Waals surface area contributed by atoms with Gasteiger partial charge in [0.2, 0.25) is 0 Å². The van der Waals surface area contributed by atoms with Crippen LogP contribution in [0.5, 0.6) is 0 Å². The molecule has 0 radical (unpaired) electrons. The van der Waals surface area contributed by atoms with Crippen molar-refractivity contribution in [2.24, 2.45) is 5.92 Å². The highest BCUT2D eigenvalue weighted by Gasteiger charge is 2.35. The maximum Gasteiger partial charge on any atom is 0.306 e. The smallest absolute Gasteiger partial charge is 0.306 e. The number of hydrogen-bond donors (Lipinski definition) is 1. The number of aryl methyl sites for hydroxylation is 1. The summed E-state index contributed by atoms with van der Waals surface area (Å²) in [6.07, 6.45) is 7.26. The second kappa shape index (κ2) is 8.49. The Morgan fingerprint density at radius 2 is 2.06 bits per heavy atom. The molecule has 2 atom stereocenters. The van der Waals surface area contributed by atoms with Crippen molar-refractivity contribution < 1.29 is 9.21 Å². The lowest BCUT2D eigenvalue weighted by atomic mass is 9.90. The summed E-state index contributed by atoms with van der Waals surface area (Å²) in [7, 11) is 0. The van der Waals surface area contributed by atoms with Crippen LogP contribution in [0.4, 0.5) is 5.82 Å². The van der Waals surface area contributed by atoms with Crippen LogP contribution in [0.25, 0.3) is 17.1 Å². The van der Waals surface area contributed by atoms with Crippen molar-refractivity contribution in [1.82, 2.24) is 19.3 Å². The molecule has 4 heterocycles. The number of carbonyl (C=O) groups is 1. The van der Waals surface area contributed by atoms with E-state index >= 15 is 0 Å². The molecule has 4 aromatic rings. The summed E-state index contributed by atoms with van der Waals surface area (Å²) in [4.78, 5) is 25.0. The van der Waals surface area contributed by atoms with Gasteiger partial charge in [-0.25, -0.2) is 4.98 Å². The van der Waals surface area contributed by atoms with Gasteiger partial charge in [0.15, 0.2) is 0 Å². The minimum Gasteiger partial charge on any atom is -0.432 e. The van der Waals surface area contributed by atoms with Gasteiger partial charge in [0.1, 0.15) is 23.5 Å². The number of aromatic nitrogens is 3. The first-order valence-electron chi connectivity index (χ1n) is 11.1. The minimum atomic E-state index is -0.0204. The molecular weight excluding hydrogens is 402 g/mol. The van der Waals surface area contributed by atoms with Gasteiger partial charge < -0.3 is 14.6 Å². The molecule has 3 aromatic heterocycles. The van der Waals surface area contributed by atoms with E-state index in [2.05, 4.69) is 22.2 Å². The maximum atomic E-state index is 14.0. The summed E-state index contributed by atoms with van der Waals surface area (Å²) in [5.41, 5.74) is 3.22. The molecule has 5 rings (SSSR count). The largest absolute Gasteiger partial charge is 0.432 e. The Morgan fingerprint density at radius 3 is 2.84 bits per heavy atom. The number of likely N-dealkylation sites (tertiary alicyclic amines) is 1. The molecule has 0 spiro atoms. The van der Waals surface area contributed by atoms with E-state index in [1.165, 1.54) is 0 Å². The van der Waals surface area contributed by atoms with Crippen molar-refractivity contribution in [3.8, 4) is 11.3 Å². The van der Waals surface area contributed by atoms with Crippen molar-refractivity contribution in [2.75, 3.05) is 18.4 Å². The van der Waals surface area contributed by atoms with Crippen molar-refractivity contribution in [3.05, 3.63) is 72.4 Å². The average molecular weight is 430 g/mol. The maximum absolute atomic E-state index is 14.0. The van der Waals surface area contributed by atoms with Crippen molar-refractivity contribution in [2.45, 2.75) is 32.7 Å². The zero-order valence-corrected chi connectivity index (χ0v) is 18.4. The third-order valence-corrected chi connectivity index (χ3v) is 6.29. The van der Waals surface area contributed by atoms with E-state index in [1.54, 1.807) is 16.9 Å². The highest BCUT2D eigenvalue weighted by Crippen LogP contribution is 2.30. The second-order valence-corrected chi connectivity index (χ2v) is 8.52. The number of fused-ring (bicyclic) bond motifs is 1. The van der Waals surface area contributed by atoms with Gasteiger partial charge in [0.05, 0.1) is 6.04 Å². The fraction of sp³-hybridized carbons (Fsp3) is 0.320. The molecule has 164 valence electrons. The minimum absolute atomic E-state index is 0.0204. The summed E-state index contributed by atoms with van der Waals surface area (Å²) in [5, 5.41) is 3.43. The van der Waals surface area contributed by atoms with E-state index in [9.17, 15) is 4.79 Å². The lowest BCUT2D eigenvalue weighted by Gasteiger charge is -2.40. The molecule has 0 unspecified atom stereocenters. The topological polar surface area (TPSA) is 75.7 Å². The van der Waals surface area contributed by atoms with Crippen LogP contribution in [-0.4, -0.2) is 44.3 Å². The summed E-state index contributed by atoms with van der Waals surface area (Å²) < 4.78 is 7.28. The molecule has 1 aliphatic heterocycles. The van der Waals surface area contributed by atoms with Crippen molar-refractivity contribution in [1.29, 1.82) is 0 Å². The van der Waals surface area contributed by atoms with E-state index in [1.807, 2.05) is 60.5 Å². The number of hydrogen-bond acceptors (Lipinski definition) is 5. The number of rotatable bonds is 5. The first kappa shape index (κ1) is 20.3. The molecular formula is C25H27N5O2. The van der Waals surface area contributed by atoms with Crippen LogP contribution in [-0.2, 0) is 0 Å². The Morgan fingerprint density at radius 1 is 1.22 bits per heavy atom. The fourth-order valence-electron chi connectivity index (χ4n) is 4.52. The molecule has 1 fully saturated rings. The molecule has 1 aliphatic rings. The first-order chi connectivity index (χ1) is 15.6. The Hall–Kier alpha value is -3.61. The Balaban J connectivity index is 1.47. The lowest BCUT2D eigenvalue weighted by Crippen LogP contribution is -2.51. The molecule has 0 saturated carbocycles. The van der Waals surface area contributed by atoms with E-state index < -0.39 is 0 Å². The molecule has 7 nitrogen and oxygen atoms in total. The predicted octanol–water partition coefficient (Wildman–Crippen LogP) is 4.65. The number of nitrogens with zero attached hydrogens (tertiary/aromatic N) is 4. The van der Waals surface area contributed by atoms with Gasteiger partial charge in [0, 0.05) is 31.0 Å². The van der Waals surface area contributed by atoms with E-state index in [0.717, 1.165) is 36.3 Å². The number of imidazole rings is 1. The molecule has 1 amide bonds. The number of benzene rings is 1. The molecule has 1 N–H and O–H groups in total. The number of anilines is 1. The van der Waals surface area contributed by atoms with Crippen molar-refractivity contribution >= 4 is 17.6 Å². The van der Waals surface area contributed by atoms with Gasteiger partial charge in [-0.1, -0.05) is 43.3 Å². The van der Waals surface area contributed by atoms with Crippen LogP contribution >= 0.6 is 0 Å². The lowest BCUT2D eigenvalue weighted by molar-refractivity contribution is 0.0534. The summed E-state index contributed by atoms with van der Waals surface area (Å²) in [6, 6.07) is 13.9.